The van der Waals surface area contributed by atoms with Crippen molar-refractivity contribution in [3.05, 3.63) is 92.5 Å². The number of para-hydroxylation sites is 1. The van der Waals surface area contributed by atoms with Crippen molar-refractivity contribution in [1.29, 1.82) is 0 Å². The van der Waals surface area contributed by atoms with Gasteiger partial charge in [0.25, 0.3) is 23.4 Å². The van der Waals surface area contributed by atoms with Gasteiger partial charge in [0.2, 0.25) is 0 Å². The first-order chi connectivity index (χ1) is 15.3. The number of methoxy groups -OCH3 is 1. The normalized spacial score (nSPS) is 12.5. The summed E-state index contributed by atoms with van der Waals surface area (Å²) in [5, 5.41) is 13.8. The number of nitrogens with zero attached hydrogens (tertiary/aromatic N) is 2. The number of carbonyl (C=O) groups is 3. The number of hydrogen-bond donors (Lipinski definition) is 1. The van der Waals surface area contributed by atoms with Crippen LogP contribution in [0.3, 0.4) is 0 Å². The highest BCUT2D eigenvalue weighted by atomic mass is 35.5. The van der Waals surface area contributed by atoms with E-state index in [1.165, 1.54) is 43.5 Å². The van der Waals surface area contributed by atoms with E-state index in [-0.39, 0.29) is 44.5 Å². The molecule has 32 heavy (non-hydrogen) atoms. The van der Waals surface area contributed by atoms with Crippen LogP contribution in [0.5, 0.6) is 5.75 Å². The van der Waals surface area contributed by atoms with Crippen molar-refractivity contribution >= 4 is 46.4 Å². The monoisotopic (exact) mass is 451 g/mol. The highest BCUT2D eigenvalue weighted by Crippen LogP contribution is 2.34. The Morgan fingerprint density at radius 2 is 1.75 bits per heavy atom. The molecule has 1 heterocycles. The number of amides is 3. The van der Waals surface area contributed by atoms with Gasteiger partial charge in [-0.25, -0.2) is 4.90 Å². The van der Waals surface area contributed by atoms with Crippen molar-refractivity contribution in [2.24, 2.45) is 0 Å². The number of imide groups is 1. The number of ether oxygens (including phenoxy) is 1. The zero-order valence-electron chi connectivity index (χ0n) is 16.5. The molecule has 1 aliphatic rings. The molecule has 9 nitrogen and oxygen atoms in total. The summed E-state index contributed by atoms with van der Waals surface area (Å²) in [5.74, 6) is -1.62. The first-order valence-electron chi connectivity index (χ1n) is 9.23. The number of benzene rings is 3. The van der Waals surface area contributed by atoms with E-state index >= 15 is 0 Å². The highest BCUT2D eigenvalue weighted by molar-refractivity contribution is 6.40. The second kappa shape index (κ2) is 8.12. The molecule has 1 N–H and O–H groups in total. The fraction of sp³-hybridized carbons (Fsp3) is 0.0455. The molecule has 10 heteroatoms. The van der Waals surface area contributed by atoms with Crippen molar-refractivity contribution in [3.8, 4) is 5.75 Å². The molecule has 0 radical (unpaired) electrons. The van der Waals surface area contributed by atoms with Crippen LogP contribution in [0.4, 0.5) is 17.1 Å². The van der Waals surface area contributed by atoms with Gasteiger partial charge in [0, 0.05) is 11.6 Å². The zero-order chi connectivity index (χ0) is 23.0. The van der Waals surface area contributed by atoms with E-state index in [2.05, 4.69) is 5.32 Å². The lowest BCUT2D eigenvalue weighted by Gasteiger charge is -2.15. The van der Waals surface area contributed by atoms with Crippen molar-refractivity contribution in [2.45, 2.75) is 0 Å². The lowest BCUT2D eigenvalue weighted by atomic mass is 10.1. The molecule has 0 unspecified atom stereocenters. The molecule has 0 saturated heterocycles. The third-order valence-corrected chi connectivity index (χ3v) is 5.21. The van der Waals surface area contributed by atoms with Crippen molar-refractivity contribution in [3.63, 3.8) is 0 Å². The number of rotatable bonds is 5. The van der Waals surface area contributed by atoms with Gasteiger partial charge in [-0.2, -0.15) is 0 Å². The van der Waals surface area contributed by atoms with Crippen LogP contribution in [0.15, 0.2) is 60.7 Å². The number of anilines is 2. The van der Waals surface area contributed by atoms with Gasteiger partial charge in [-0.3, -0.25) is 24.5 Å². The molecule has 0 aromatic heterocycles. The lowest BCUT2D eigenvalue weighted by Crippen LogP contribution is -2.29. The van der Waals surface area contributed by atoms with E-state index < -0.39 is 22.6 Å². The Bertz CT molecular complexity index is 1310. The Morgan fingerprint density at radius 3 is 2.44 bits per heavy atom. The predicted molar refractivity (Wildman–Crippen MR) is 117 cm³/mol. The van der Waals surface area contributed by atoms with Crippen molar-refractivity contribution in [2.75, 3.05) is 17.3 Å². The number of nitrogens with one attached hydrogen (secondary N) is 1. The molecule has 0 aliphatic carbocycles. The summed E-state index contributed by atoms with van der Waals surface area (Å²) < 4.78 is 5.12. The third kappa shape index (κ3) is 3.54. The minimum atomic E-state index is -0.597. The number of fused-ring (bicyclic) bond motifs is 1. The molecule has 4 rings (SSSR count). The Balaban J connectivity index is 1.63. The van der Waals surface area contributed by atoms with Crippen LogP contribution < -0.4 is 15.0 Å². The molecule has 0 saturated carbocycles. The van der Waals surface area contributed by atoms with Crippen LogP contribution in [0.2, 0.25) is 5.02 Å². The third-order valence-electron chi connectivity index (χ3n) is 4.89. The Labute approximate surface area is 186 Å². The molecule has 0 spiro atoms. The molecule has 0 atom stereocenters. The Morgan fingerprint density at radius 1 is 1.03 bits per heavy atom. The first-order valence-corrected chi connectivity index (χ1v) is 9.60. The highest BCUT2D eigenvalue weighted by Gasteiger charge is 2.38. The summed E-state index contributed by atoms with van der Waals surface area (Å²) in [6, 6.07) is 14.3. The van der Waals surface area contributed by atoms with Gasteiger partial charge in [-0.05, 0) is 36.4 Å². The maximum absolute atomic E-state index is 12.9. The SMILES string of the molecule is COc1cc([N+](=O)[O-])ccc1NC(=O)c1ccc2c(c1)C(=O)N(c1ccccc1Cl)C2=O. The molecule has 3 amide bonds. The van der Waals surface area contributed by atoms with Crippen LogP contribution in [0.25, 0.3) is 0 Å². The lowest BCUT2D eigenvalue weighted by molar-refractivity contribution is -0.384. The van der Waals surface area contributed by atoms with E-state index in [1.54, 1.807) is 24.3 Å². The largest absolute Gasteiger partial charge is 0.494 e. The van der Waals surface area contributed by atoms with E-state index in [0.717, 1.165) is 4.90 Å². The summed E-state index contributed by atoms with van der Waals surface area (Å²) >= 11 is 6.14. The molecule has 0 fully saturated rings. The average Bonchev–Trinajstić information content (AvgIpc) is 3.03. The second-order valence-electron chi connectivity index (χ2n) is 6.75. The van der Waals surface area contributed by atoms with Gasteiger partial charge in [0.15, 0.2) is 0 Å². The van der Waals surface area contributed by atoms with Gasteiger partial charge in [0.1, 0.15) is 5.75 Å². The summed E-state index contributed by atoms with van der Waals surface area (Å²) in [4.78, 5) is 49.8. The van der Waals surface area contributed by atoms with E-state index in [0.29, 0.717) is 0 Å². The topological polar surface area (TPSA) is 119 Å². The summed E-state index contributed by atoms with van der Waals surface area (Å²) in [6.07, 6.45) is 0. The summed E-state index contributed by atoms with van der Waals surface area (Å²) in [6.45, 7) is 0. The van der Waals surface area contributed by atoms with E-state index in [4.69, 9.17) is 16.3 Å². The summed E-state index contributed by atoms with van der Waals surface area (Å²) in [7, 11) is 1.32. The smallest absolute Gasteiger partial charge is 0.273 e. The van der Waals surface area contributed by atoms with Gasteiger partial charge in [0.05, 0.1) is 45.6 Å². The number of nitro benzene ring substituents is 1. The minimum absolute atomic E-state index is 0.0678. The Kier molecular flexibility index (Phi) is 5.33. The standard InChI is InChI=1S/C22H14ClN3O6/c1-32-19-11-13(26(30)31)7-9-17(19)24-20(27)12-6-8-14-15(10-12)22(29)25(21(14)28)18-5-3-2-4-16(18)23/h2-11H,1H3,(H,24,27). The fourth-order valence-corrected chi connectivity index (χ4v) is 3.55. The minimum Gasteiger partial charge on any atom is -0.494 e. The molecule has 3 aromatic rings. The van der Waals surface area contributed by atoms with Crippen molar-refractivity contribution in [1.82, 2.24) is 0 Å². The number of halogens is 1. The van der Waals surface area contributed by atoms with Crippen LogP contribution in [0, 0.1) is 10.1 Å². The van der Waals surface area contributed by atoms with Crippen LogP contribution in [0.1, 0.15) is 31.1 Å². The molecule has 1 aliphatic heterocycles. The van der Waals surface area contributed by atoms with Crippen LogP contribution >= 0.6 is 11.6 Å². The average molecular weight is 452 g/mol. The Hall–Kier alpha value is -4.24. The van der Waals surface area contributed by atoms with Crippen molar-refractivity contribution < 1.29 is 24.0 Å². The van der Waals surface area contributed by atoms with Gasteiger partial charge in [-0.1, -0.05) is 23.7 Å². The van der Waals surface area contributed by atoms with E-state index in [1.807, 2.05) is 0 Å². The second-order valence-corrected chi connectivity index (χ2v) is 7.16. The van der Waals surface area contributed by atoms with Crippen LogP contribution in [-0.2, 0) is 0 Å². The van der Waals surface area contributed by atoms with Gasteiger partial charge < -0.3 is 10.1 Å². The number of carbonyl (C=O) groups excluding carboxylic acids is 3. The fourth-order valence-electron chi connectivity index (χ4n) is 3.33. The molecule has 0 bridgehead atoms. The van der Waals surface area contributed by atoms with E-state index in [9.17, 15) is 24.5 Å². The molecular formula is C22H14ClN3O6. The maximum atomic E-state index is 12.9. The number of non-ortho nitro benzene ring substituents is 1. The van der Waals surface area contributed by atoms with Gasteiger partial charge in [-0.15, -0.1) is 0 Å². The maximum Gasteiger partial charge on any atom is 0.273 e. The zero-order valence-corrected chi connectivity index (χ0v) is 17.3. The predicted octanol–water partition coefficient (Wildman–Crippen LogP) is 4.31. The molecular weight excluding hydrogens is 438 g/mol. The van der Waals surface area contributed by atoms with Crippen LogP contribution in [-0.4, -0.2) is 29.8 Å². The molecule has 3 aromatic carbocycles. The summed E-state index contributed by atoms with van der Waals surface area (Å²) in [5.41, 5.74) is 0.607. The quantitative estimate of drug-likeness (QED) is 0.350. The number of hydrogen-bond acceptors (Lipinski definition) is 6. The van der Waals surface area contributed by atoms with Gasteiger partial charge >= 0.3 is 0 Å². The number of nitro groups is 1. The first kappa shape index (κ1) is 21.0. The molecule has 160 valence electrons.